The molecule has 0 aromatic carbocycles. The fourth-order valence-corrected chi connectivity index (χ4v) is 4.00. The highest BCUT2D eigenvalue weighted by atomic mass is 32.2. The van der Waals surface area contributed by atoms with Crippen LogP contribution in [0.1, 0.15) is 46.0 Å². The number of esters is 1. The molecule has 2 unspecified atom stereocenters. The summed E-state index contributed by atoms with van der Waals surface area (Å²) in [6.07, 6.45) is 5.43. The van der Waals surface area contributed by atoms with Crippen molar-refractivity contribution < 1.29 is 9.53 Å². The van der Waals surface area contributed by atoms with Gasteiger partial charge in [0.05, 0.1) is 7.11 Å². The van der Waals surface area contributed by atoms with Crippen molar-refractivity contribution in [2.45, 2.75) is 62.8 Å². The molecular formula is C14H25NO2S. The van der Waals surface area contributed by atoms with Crippen LogP contribution in [0.25, 0.3) is 0 Å². The van der Waals surface area contributed by atoms with Gasteiger partial charge in [0, 0.05) is 11.3 Å². The molecule has 0 saturated heterocycles. The van der Waals surface area contributed by atoms with Crippen molar-refractivity contribution in [2.24, 2.45) is 5.92 Å². The van der Waals surface area contributed by atoms with Gasteiger partial charge in [0.25, 0.3) is 0 Å². The number of thioether (sulfide) groups is 1. The van der Waals surface area contributed by atoms with Crippen LogP contribution >= 0.6 is 11.8 Å². The summed E-state index contributed by atoms with van der Waals surface area (Å²) in [4.78, 5) is 12.1. The molecule has 0 aromatic rings. The molecule has 4 heteroatoms. The molecule has 1 N–H and O–H groups in total. The molecule has 2 atom stereocenters. The topological polar surface area (TPSA) is 38.3 Å². The zero-order chi connectivity index (χ0) is 13.2. The molecule has 104 valence electrons. The first-order valence-electron chi connectivity index (χ1n) is 7.03. The van der Waals surface area contributed by atoms with Crippen LogP contribution in [0.5, 0.6) is 0 Å². The van der Waals surface area contributed by atoms with Crippen molar-refractivity contribution in [3.8, 4) is 0 Å². The molecule has 0 spiro atoms. The molecule has 2 saturated carbocycles. The summed E-state index contributed by atoms with van der Waals surface area (Å²) in [6.45, 7) is 4.50. The van der Waals surface area contributed by atoms with Crippen LogP contribution in [0, 0.1) is 5.92 Å². The van der Waals surface area contributed by atoms with Crippen LogP contribution in [0.15, 0.2) is 0 Å². The first-order chi connectivity index (χ1) is 8.55. The van der Waals surface area contributed by atoms with E-state index in [1.54, 1.807) is 0 Å². The lowest BCUT2D eigenvalue weighted by atomic mass is 9.97. The fourth-order valence-electron chi connectivity index (χ4n) is 2.66. The van der Waals surface area contributed by atoms with Gasteiger partial charge >= 0.3 is 5.97 Å². The maximum atomic E-state index is 12.1. The van der Waals surface area contributed by atoms with Gasteiger partial charge in [0.15, 0.2) is 0 Å². The number of hydrogen-bond acceptors (Lipinski definition) is 4. The van der Waals surface area contributed by atoms with Crippen LogP contribution in [0.3, 0.4) is 0 Å². The highest BCUT2D eigenvalue weighted by molar-refractivity contribution is 7.99. The lowest BCUT2D eigenvalue weighted by Gasteiger charge is -2.28. The molecular weight excluding hydrogens is 246 g/mol. The number of hydrogen-bond donors (Lipinski definition) is 1. The van der Waals surface area contributed by atoms with Gasteiger partial charge in [-0.05, 0) is 43.8 Å². The van der Waals surface area contributed by atoms with E-state index in [4.69, 9.17) is 4.74 Å². The number of methoxy groups -OCH3 is 1. The molecule has 0 bridgehead atoms. The van der Waals surface area contributed by atoms with Crippen LogP contribution in [0.2, 0.25) is 0 Å². The smallest absolute Gasteiger partial charge is 0.326 e. The summed E-state index contributed by atoms with van der Waals surface area (Å²) in [6, 6.07) is 0.554. The zero-order valence-corrected chi connectivity index (χ0v) is 12.5. The normalized spacial score (nSPS) is 31.9. The van der Waals surface area contributed by atoms with Gasteiger partial charge in [-0.1, -0.05) is 13.8 Å². The molecule has 0 amide bonds. The highest BCUT2D eigenvalue weighted by Gasteiger charge is 2.48. The summed E-state index contributed by atoms with van der Waals surface area (Å²) in [5.74, 6) is 1.85. The van der Waals surface area contributed by atoms with Crippen molar-refractivity contribution in [3.63, 3.8) is 0 Å². The van der Waals surface area contributed by atoms with Crippen LogP contribution < -0.4 is 5.32 Å². The molecule has 0 radical (unpaired) electrons. The van der Waals surface area contributed by atoms with Crippen LogP contribution in [-0.4, -0.2) is 35.7 Å². The Morgan fingerprint density at radius 2 is 2.17 bits per heavy atom. The minimum Gasteiger partial charge on any atom is -0.468 e. The monoisotopic (exact) mass is 271 g/mol. The Kier molecular flexibility index (Phi) is 4.59. The Morgan fingerprint density at radius 1 is 1.44 bits per heavy atom. The summed E-state index contributed by atoms with van der Waals surface area (Å²) in [7, 11) is 1.51. The first kappa shape index (κ1) is 14.2. The number of ether oxygens (including phenoxy) is 1. The van der Waals surface area contributed by atoms with Crippen molar-refractivity contribution in [1.82, 2.24) is 5.32 Å². The molecule has 2 fully saturated rings. The third kappa shape index (κ3) is 3.41. The van der Waals surface area contributed by atoms with Gasteiger partial charge in [-0.3, -0.25) is 10.1 Å². The van der Waals surface area contributed by atoms with E-state index in [0.29, 0.717) is 11.3 Å². The average Bonchev–Trinajstić information content (AvgIpc) is 3.04. The van der Waals surface area contributed by atoms with E-state index in [0.717, 1.165) is 25.2 Å². The minimum atomic E-state index is -0.384. The molecule has 18 heavy (non-hydrogen) atoms. The molecule has 0 heterocycles. The van der Waals surface area contributed by atoms with Crippen molar-refractivity contribution in [1.29, 1.82) is 0 Å². The molecule has 0 aromatic heterocycles. The van der Waals surface area contributed by atoms with E-state index in [2.05, 4.69) is 19.2 Å². The predicted octanol–water partition coefficient (Wildman–Crippen LogP) is 2.59. The second-order valence-corrected chi connectivity index (χ2v) is 7.42. The highest BCUT2D eigenvalue weighted by Crippen LogP contribution is 2.40. The lowest BCUT2D eigenvalue weighted by molar-refractivity contribution is -0.148. The molecule has 3 nitrogen and oxygen atoms in total. The summed E-state index contributed by atoms with van der Waals surface area (Å²) in [5, 5.41) is 4.16. The van der Waals surface area contributed by atoms with Gasteiger partial charge in [-0.25, -0.2) is 0 Å². The Hall–Kier alpha value is -0.220. The predicted molar refractivity (Wildman–Crippen MR) is 75.8 cm³/mol. The maximum absolute atomic E-state index is 12.1. The average molecular weight is 271 g/mol. The number of nitrogens with one attached hydrogen (secondary N) is 1. The number of rotatable bonds is 6. The number of carbonyl (C=O) groups is 1. The van der Waals surface area contributed by atoms with Gasteiger partial charge in [0.2, 0.25) is 0 Å². The Balaban J connectivity index is 1.92. The Labute approximate surface area is 114 Å². The van der Waals surface area contributed by atoms with Crippen LogP contribution in [-0.2, 0) is 9.53 Å². The largest absolute Gasteiger partial charge is 0.468 e. The van der Waals surface area contributed by atoms with Crippen molar-refractivity contribution >= 4 is 17.7 Å². The van der Waals surface area contributed by atoms with E-state index < -0.39 is 0 Å². The second kappa shape index (κ2) is 5.83. The number of carbonyl (C=O) groups excluding carboxylic acids is 1. The van der Waals surface area contributed by atoms with E-state index in [9.17, 15) is 4.79 Å². The fraction of sp³-hybridized carbons (Fsp3) is 0.929. The summed E-state index contributed by atoms with van der Waals surface area (Å²) < 4.78 is 5.03. The lowest BCUT2D eigenvalue weighted by Crippen LogP contribution is -2.52. The third-order valence-electron chi connectivity index (χ3n) is 3.77. The molecule has 0 aliphatic heterocycles. The van der Waals surface area contributed by atoms with E-state index in [1.807, 2.05) is 11.8 Å². The van der Waals surface area contributed by atoms with Crippen LogP contribution in [0.4, 0.5) is 0 Å². The SMILES string of the molecule is COC(=O)C1(NC2CC2)CCC(SCC(C)C)C1. The minimum absolute atomic E-state index is 0.0537. The third-order valence-corrected chi connectivity index (χ3v) is 5.50. The second-order valence-electron chi connectivity index (χ2n) is 6.08. The van der Waals surface area contributed by atoms with Gasteiger partial charge in [0.1, 0.15) is 5.54 Å². The zero-order valence-electron chi connectivity index (χ0n) is 11.7. The quantitative estimate of drug-likeness (QED) is 0.754. The molecule has 2 aliphatic carbocycles. The summed E-state index contributed by atoms with van der Waals surface area (Å²) >= 11 is 2.02. The van der Waals surface area contributed by atoms with E-state index >= 15 is 0 Å². The van der Waals surface area contributed by atoms with Gasteiger partial charge < -0.3 is 4.74 Å². The maximum Gasteiger partial charge on any atom is 0.326 e. The van der Waals surface area contributed by atoms with Gasteiger partial charge in [-0.2, -0.15) is 11.8 Å². The van der Waals surface area contributed by atoms with Crippen molar-refractivity contribution in [3.05, 3.63) is 0 Å². The van der Waals surface area contributed by atoms with E-state index in [-0.39, 0.29) is 11.5 Å². The molecule has 2 rings (SSSR count). The Morgan fingerprint density at radius 3 is 2.72 bits per heavy atom. The standard InChI is InChI=1S/C14H25NO2S/c1-10(2)9-18-12-6-7-14(8-12,13(16)17-3)15-11-4-5-11/h10-12,15H,4-9H2,1-3H3. The Bertz CT molecular complexity index is 304. The molecule has 2 aliphatic rings. The summed E-state index contributed by atoms with van der Waals surface area (Å²) in [5.41, 5.74) is -0.384. The van der Waals surface area contributed by atoms with Gasteiger partial charge in [-0.15, -0.1) is 0 Å². The van der Waals surface area contributed by atoms with Crippen molar-refractivity contribution in [2.75, 3.05) is 12.9 Å². The van der Waals surface area contributed by atoms with E-state index in [1.165, 1.54) is 25.7 Å². The first-order valence-corrected chi connectivity index (χ1v) is 8.08.